The second kappa shape index (κ2) is 7.13. The lowest BCUT2D eigenvalue weighted by Gasteiger charge is -2.16. The standard InChI is InChI=1S/C17H20N2O3/c1-20-16-5-4-14(19-11-13-3-2-7-18-10-13)9-17(16)22-15-6-8-21-12-15/h2-5,7,9-10,15,19H,6,8,11-12H2,1H3. The van der Waals surface area contributed by atoms with Crippen LogP contribution >= 0.6 is 0 Å². The molecule has 1 saturated heterocycles. The fraction of sp³-hybridized carbons (Fsp3) is 0.353. The van der Waals surface area contributed by atoms with Crippen molar-refractivity contribution >= 4 is 5.69 Å². The van der Waals surface area contributed by atoms with Gasteiger partial charge >= 0.3 is 0 Å². The molecular weight excluding hydrogens is 280 g/mol. The van der Waals surface area contributed by atoms with Gasteiger partial charge in [-0.2, -0.15) is 0 Å². The van der Waals surface area contributed by atoms with Crippen LogP contribution in [0.5, 0.6) is 11.5 Å². The van der Waals surface area contributed by atoms with Crippen LogP contribution in [-0.2, 0) is 11.3 Å². The Bertz CT molecular complexity index is 598. The Labute approximate surface area is 130 Å². The highest BCUT2D eigenvalue weighted by Crippen LogP contribution is 2.32. The van der Waals surface area contributed by atoms with Gasteiger partial charge in [-0.05, 0) is 23.8 Å². The summed E-state index contributed by atoms with van der Waals surface area (Å²) in [6.45, 7) is 2.11. The van der Waals surface area contributed by atoms with Crippen molar-refractivity contribution in [1.29, 1.82) is 0 Å². The summed E-state index contributed by atoms with van der Waals surface area (Å²) >= 11 is 0. The number of anilines is 1. The third-order valence-corrected chi connectivity index (χ3v) is 3.56. The Balaban J connectivity index is 1.69. The predicted octanol–water partition coefficient (Wildman–Crippen LogP) is 2.87. The van der Waals surface area contributed by atoms with Crippen molar-refractivity contribution in [3.05, 3.63) is 48.3 Å². The van der Waals surface area contributed by atoms with E-state index in [0.29, 0.717) is 13.2 Å². The number of pyridine rings is 1. The van der Waals surface area contributed by atoms with E-state index in [1.165, 1.54) is 0 Å². The van der Waals surface area contributed by atoms with E-state index < -0.39 is 0 Å². The molecule has 1 fully saturated rings. The molecule has 0 aliphatic carbocycles. The zero-order valence-corrected chi connectivity index (χ0v) is 12.6. The van der Waals surface area contributed by atoms with Gasteiger partial charge in [-0.3, -0.25) is 4.98 Å². The van der Waals surface area contributed by atoms with Crippen molar-refractivity contribution in [3.63, 3.8) is 0 Å². The van der Waals surface area contributed by atoms with Crippen molar-refractivity contribution in [2.45, 2.75) is 19.1 Å². The van der Waals surface area contributed by atoms with E-state index in [2.05, 4.69) is 10.3 Å². The highest BCUT2D eigenvalue weighted by atomic mass is 16.6. The lowest BCUT2D eigenvalue weighted by Crippen LogP contribution is -2.16. The fourth-order valence-corrected chi connectivity index (χ4v) is 2.37. The van der Waals surface area contributed by atoms with Gasteiger partial charge < -0.3 is 19.5 Å². The number of ether oxygens (including phenoxy) is 3. The van der Waals surface area contributed by atoms with E-state index in [0.717, 1.165) is 35.8 Å². The summed E-state index contributed by atoms with van der Waals surface area (Å²) in [4.78, 5) is 4.11. The summed E-state index contributed by atoms with van der Waals surface area (Å²) in [5.41, 5.74) is 2.11. The lowest BCUT2D eigenvalue weighted by atomic mass is 10.2. The minimum Gasteiger partial charge on any atom is -0.493 e. The summed E-state index contributed by atoms with van der Waals surface area (Å²) in [7, 11) is 1.65. The molecule has 1 unspecified atom stereocenters. The largest absolute Gasteiger partial charge is 0.493 e. The molecule has 0 radical (unpaired) electrons. The Morgan fingerprint density at radius 1 is 1.32 bits per heavy atom. The molecule has 1 N–H and O–H groups in total. The van der Waals surface area contributed by atoms with E-state index in [4.69, 9.17) is 14.2 Å². The molecule has 5 nitrogen and oxygen atoms in total. The highest BCUT2D eigenvalue weighted by Gasteiger charge is 2.19. The molecule has 1 aliphatic heterocycles. The number of rotatable bonds is 6. The zero-order valence-electron chi connectivity index (χ0n) is 12.6. The topological polar surface area (TPSA) is 52.6 Å². The van der Waals surface area contributed by atoms with E-state index in [1.54, 1.807) is 13.3 Å². The average Bonchev–Trinajstić information content (AvgIpc) is 3.07. The molecule has 22 heavy (non-hydrogen) atoms. The summed E-state index contributed by atoms with van der Waals surface area (Å²) in [6.07, 6.45) is 4.63. The Morgan fingerprint density at radius 2 is 2.27 bits per heavy atom. The number of nitrogens with one attached hydrogen (secondary N) is 1. The van der Waals surface area contributed by atoms with Gasteiger partial charge in [-0.15, -0.1) is 0 Å². The Kier molecular flexibility index (Phi) is 4.75. The first kappa shape index (κ1) is 14.7. The van der Waals surface area contributed by atoms with E-state index >= 15 is 0 Å². The van der Waals surface area contributed by atoms with Gasteiger partial charge in [-0.1, -0.05) is 6.07 Å². The molecule has 0 spiro atoms. The normalized spacial score (nSPS) is 17.2. The first-order valence-electron chi connectivity index (χ1n) is 7.40. The average molecular weight is 300 g/mol. The van der Waals surface area contributed by atoms with Gasteiger partial charge in [0.15, 0.2) is 11.5 Å². The van der Waals surface area contributed by atoms with Crippen LogP contribution in [0.2, 0.25) is 0 Å². The SMILES string of the molecule is COc1ccc(NCc2cccnc2)cc1OC1CCOC1. The monoisotopic (exact) mass is 300 g/mol. The van der Waals surface area contributed by atoms with Gasteiger partial charge in [-0.25, -0.2) is 0 Å². The van der Waals surface area contributed by atoms with Crippen molar-refractivity contribution < 1.29 is 14.2 Å². The van der Waals surface area contributed by atoms with Gasteiger partial charge in [0, 0.05) is 37.1 Å². The van der Waals surface area contributed by atoms with Crippen LogP contribution in [-0.4, -0.2) is 31.4 Å². The maximum atomic E-state index is 5.99. The van der Waals surface area contributed by atoms with Crippen LogP contribution in [0, 0.1) is 0 Å². The molecule has 0 amide bonds. The molecular formula is C17H20N2O3. The molecule has 1 aliphatic rings. The smallest absolute Gasteiger partial charge is 0.163 e. The van der Waals surface area contributed by atoms with Gasteiger partial charge in [0.05, 0.1) is 20.3 Å². The molecule has 0 saturated carbocycles. The van der Waals surface area contributed by atoms with Crippen LogP contribution < -0.4 is 14.8 Å². The molecule has 1 atom stereocenters. The molecule has 1 aromatic carbocycles. The van der Waals surface area contributed by atoms with Crippen molar-refractivity contribution in [3.8, 4) is 11.5 Å². The summed E-state index contributed by atoms with van der Waals surface area (Å²) in [5, 5.41) is 3.37. The Morgan fingerprint density at radius 3 is 3.00 bits per heavy atom. The van der Waals surface area contributed by atoms with Gasteiger partial charge in [0.2, 0.25) is 0 Å². The number of hydrogen-bond donors (Lipinski definition) is 1. The molecule has 2 heterocycles. The van der Waals surface area contributed by atoms with Gasteiger partial charge in [0.1, 0.15) is 6.10 Å². The van der Waals surface area contributed by atoms with E-state index in [1.807, 2.05) is 36.5 Å². The lowest BCUT2D eigenvalue weighted by molar-refractivity contribution is 0.138. The molecule has 1 aromatic heterocycles. The van der Waals surface area contributed by atoms with Crippen LogP contribution in [0.15, 0.2) is 42.7 Å². The number of benzene rings is 1. The highest BCUT2D eigenvalue weighted by molar-refractivity contribution is 5.55. The maximum Gasteiger partial charge on any atom is 0.163 e. The second-order valence-electron chi connectivity index (χ2n) is 5.18. The molecule has 116 valence electrons. The number of nitrogens with zero attached hydrogens (tertiary/aromatic N) is 1. The van der Waals surface area contributed by atoms with Crippen LogP contribution in [0.1, 0.15) is 12.0 Å². The first-order chi connectivity index (χ1) is 10.8. The minimum absolute atomic E-state index is 0.0995. The number of methoxy groups -OCH3 is 1. The third-order valence-electron chi connectivity index (χ3n) is 3.56. The number of hydrogen-bond acceptors (Lipinski definition) is 5. The van der Waals surface area contributed by atoms with Crippen molar-refractivity contribution in [2.24, 2.45) is 0 Å². The van der Waals surface area contributed by atoms with Crippen molar-refractivity contribution in [1.82, 2.24) is 4.98 Å². The third kappa shape index (κ3) is 3.68. The summed E-state index contributed by atoms with van der Waals surface area (Å²) in [5.74, 6) is 1.48. The fourth-order valence-electron chi connectivity index (χ4n) is 2.37. The Hall–Kier alpha value is -2.27. The summed E-state index contributed by atoms with van der Waals surface area (Å²) in [6, 6.07) is 9.83. The quantitative estimate of drug-likeness (QED) is 0.889. The van der Waals surface area contributed by atoms with Crippen LogP contribution in [0.25, 0.3) is 0 Å². The molecule has 3 rings (SSSR count). The molecule has 5 heteroatoms. The van der Waals surface area contributed by atoms with Crippen LogP contribution in [0.3, 0.4) is 0 Å². The first-order valence-corrected chi connectivity index (χ1v) is 7.40. The maximum absolute atomic E-state index is 5.99. The van der Waals surface area contributed by atoms with E-state index in [9.17, 15) is 0 Å². The summed E-state index contributed by atoms with van der Waals surface area (Å²) < 4.78 is 16.7. The van der Waals surface area contributed by atoms with Crippen LogP contribution in [0.4, 0.5) is 5.69 Å². The molecule has 2 aromatic rings. The number of aromatic nitrogens is 1. The van der Waals surface area contributed by atoms with Crippen molar-refractivity contribution in [2.75, 3.05) is 25.6 Å². The van der Waals surface area contributed by atoms with Gasteiger partial charge in [0.25, 0.3) is 0 Å². The second-order valence-corrected chi connectivity index (χ2v) is 5.18. The van der Waals surface area contributed by atoms with E-state index in [-0.39, 0.29) is 6.10 Å². The minimum atomic E-state index is 0.0995. The zero-order chi connectivity index (χ0) is 15.2. The molecule has 0 bridgehead atoms. The predicted molar refractivity (Wildman–Crippen MR) is 84.4 cm³/mol.